The molecule has 7 heteroatoms. The van der Waals surface area contributed by atoms with E-state index in [1.165, 1.54) is 5.56 Å². The van der Waals surface area contributed by atoms with Gasteiger partial charge in [-0.15, -0.1) is 0 Å². The molecule has 1 saturated heterocycles. The molecular formula is C25H32ClNO4S. The maximum absolute atomic E-state index is 13.4. The van der Waals surface area contributed by atoms with Crippen LogP contribution in [0.25, 0.3) is 0 Å². The smallest absolute Gasteiger partial charge is 0.263 e. The molecule has 1 aliphatic heterocycles. The number of sulfone groups is 1. The summed E-state index contributed by atoms with van der Waals surface area (Å²) in [4.78, 5) is 15.1. The molecule has 1 heterocycles. The number of hydrogen-bond acceptors (Lipinski definition) is 4. The molecule has 1 aliphatic rings. The van der Waals surface area contributed by atoms with Gasteiger partial charge >= 0.3 is 0 Å². The van der Waals surface area contributed by atoms with Crippen LogP contribution in [0, 0.1) is 13.8 Å². The number of aryl methyl sites for hydroxylation is 2. The maximum Gasteiger partial charge on any atom is 0.263 e. The van der Waals surface area contributed by atoms with E-state index in [1.54, 1.807) is 11.8 Å². The average molecular weight is 478 g/mol. The van der Waals surface area contributed by atoms with E-state index in [0.717, 1.165) is 16.7 Å². The van der Waals surface area contributed by atoms with Crippen LogP contribution in [0.3, 0.4) is 0 Å². The lowest BCUT2D eigenvalue weighted by atomic mass is 10.0. The van der Waals surface area contributed by atoms with E-state index in [1.807, 2.05) is 38.1 Å². The van der Waals surface area contributed by atoms with Crippen molar-refractivity contribution in [3.05, 3.63) is 63.7 Å². The highest BCUT2D eigenvalue weighted by molar-refractivity contribution is 7.91. The van der Waals surface area contributed by atoms with Gasteiger partial charge in [-0.1, -0.05) is 49.7 Å². The highest BCUT2D eigenvalue weighted by Gasteiger charge is 2.36. The van der Waals surface area contributed by atoms with Crippen LogP contribution in [0.1, 0.15) is 55.4 Å². The monoisotopic (exact) mass is 477 g/mol. The molecule has 0 spiro atoms. The fourth-order valence-corrected chi connectivity index (χ4v) is 5.91. The summed E-state index contributed by atoms with van der Waals surface area (Å²) in [6, 6.07) is 11.4. The molecule has 1 fully saturated rings. The normalized spacial score (nSPS) is 18.5. The Morgan fingerprint density at radius 1 is 1.12 bits per heavy atom. The predicted molar refractivity (Wildman–Crippen MR) is 129 cm³/mol. The molecule has 5 nitrogen and oxygen atoms in total. The third-order valence-corrected chi connectivity index (χ3v) is 8.35. The summed E-state index contributed by atoms with van der Waals surface area (Å²) in [7, 11) is -3.13. The van der Waals surface area contributed by atoms with Crippen molar-refractivity contribution < 1.29 is 17.9 Å². The number of rotatable bonds is 7. The summed E-state index contributed by atoms with van der Waals surface area (Å²) in [6.45, 7) is 10.1. The van der Waals surface area contributed by atoms with Gasteiger partial charge in [0.25, 0.3) is 5.91 Å². The van der Waals surface area contributed by atoms with Crippen molar-refractivity contribution in [1.29, 1.82) is 0 Å². The highest BCUT2D eigenvalue weighted by atomic mass is 35.5. The van der Waals surface area contributed by atoms with Crippen molar-refractivity contribution in [1.82, 2.24) is 4.90 Å². The Kier molecular flexibility index (Phi) is 7.56. The number of amides is 1. The first-order chi connectivity index (χ1) is 15.0. The second-order valence-corrected chi connectivity index (χ2v) is 11.7. The molecule has 3 rings (SSSR count). The summed E-state index contributed by atoms with van der Waals surface area (Å²) in [5, 5.41) is 0.680. The Labute approximate surface area is 196 Å². The van der Waals surface area contributed by atoms with Crippen molar-refractivity contribution >= 4 is 27.3 Å². The lowest BCUT2D eigenvalue weighted by Gasteiger charge is -2.31. The average Bonchev–Trinajstić information content (AvgIpc) is 3.09. The summed E-state index contributed by atoms with van der Waals surface area (Å²) >= 11 is 6.25. The molecule has 0 aromatic heterocycles. The van der Waals surface area contributed by atoms with Gasteiger partial charge in [0.1, 0.15) is 5.75 Å². The van der Waals surface area contributed by atoms with Crippen LogP contribution < -0.4 is 4.74 Å². The molecule has 2 aromatic carbocycles. The van der Waals surface area contributed by atoms with E-state index in [4.69, 9.17) is 16.3 Å². The van der Waals surface area contributed by atoms with Crippen LogP contribution in [0.4, 0.5) is 0 Å². The Balaban J connectivity index is 1.82. The number of carbonyl (C=O) groups excluding carboxylic acids is 1. The molecule has 32 heavy (non-hydrogen) atoms. The summed E-state index contributed by atoms with van der Waals surface area (Å²) in [5.41, 5.74) is 3.95. The first kappa shape index (κ1) is 24.6. The molecule has 0 unspecified atom stereocenters. The minimum absolute atomic E-state index is 0.00526. The zero-order valence-electron chi connectivity index (χ0n) is 19.4. The number of halogens is 1. The maximum atomic E-state index is 13.4. The third kappa shape index (κ3) is 5.84. The predicted octanol–water partition coefficient (Wildman–Crippen LogP) is 5.06. The van der Waals surface area contributed by atoms with Crippen molar-refractivity contribution in [3.63, 3.8) is 0 Å². The summed E-state index contributed by atoms with van der Waals surface area (Å²) < 4.78 is 30.2. The topological polar surface area (TPSA) is 63.7 Å². The summed E-state index contributed by atoms with van der Waals surface area (Å²) in [6.07, 6.45) is -0.308. The number of benzene rings is 2. The van der Waals surface area contributed by atoms with Crippen molar-refractivity contribution in [2.45, 2.75) is 65.6 Å². The second-order valence-electron chi connectivity index (χ2n) is 9.05. The molecular weight excluding hydrogens is 446 g/mol. The van der Waals surface area contributed by atoms with Crippen LogP contribution in [0.2, 0.25) is 5.02 Å². The van der Waals surface area contributed by atoms with Crippen LogP contribution >= 0.6 is 11.6 Å². The lowest BCUT2D eigenvalue weighted by Crippen LogP contribution is -2.46. The third-order valence-electron chi connectivity index (χ3n) is 6.00. The first-order valence-corrected chi connectivity index (χ1v) is 13.2. The largest absolute Gasteiger partial charge is 0.481 e. The van der Waals surface area contributed by atoms with E-state index in [9.17, 15) is 13.2 Å². The van der Waals surface area contributed by atoms with Gasteiger partial charge in [0.05, 0.1) is 11.5 Å². The van der Waals surface area contributed by atoms with Gasteiger partial charge in [-0.3, -0.25) is 4.79 Å². The van der Waals surface area contributed by atoms with E-state index in [-0.39, 0.29) is 23.5 Å². The molecule has 0 bridgehead atoms. The van der Waals surface area contributed by atoms with Crippen molar-refractivity contribution in [3.8, 4) is 5.75 Å². The van der Waals surface area contributed by atoms with Gasteiger partial charge in [0.2, 0.25) is 0 Å². The number of nitrogens with zero attached hydrogens (tertiary/aromatic N) is 1. The van der Waals surface area contributed by atoms with Crippen molar-refractivity contribution in [2.75, 3.05) is 11.5 Å². The summed E-state index contributed by atoms with van der Waals surface area (Å²) in [5.74, 6) is 0.880. The van der Waals surface area contributed by atoms with Gasteiger partial charge in [-0.05, 0) is 67.5 Å². The van der Waals surface area contributed by atoms with Crippen molar-refractivity contribution in [2.24, 2.45) is 0 Å². The Hall–Kier alpha value is -2.05. The van der Waals surface area contributed by atoms with Gasteiger partial charge in [-0.25, -0.2) is 8.42 Å². The van der Waals surface area contributed by atoms with Gasteiger partial charge < -0.3 is 9.64 Å². The first-order valence-electron chi connectivity index (χ1n) is 11.0. The second kappa shape index (κ2) is 9.84. The van der Waals surface area contributed by atoms with Crippen LogP contribution in [-0.2, 0) is 21.2 Å². The van der Waals surface area contributed by atoms with E-state index >= 15 is 0 Å². The van der Waals surface area contributed by atoms with E-state index in [0.29, 0.717) is 29.7 Å². The van der Waals surface area contributed by atoms with Gasteiger partial charge in [0, 0.05) is 17.6 Å². The van der Waals surface area contributed by atoms with E-state index in [2.05, 4.69) is 26.0 Å². The van der Waals surface area contributed by atoms with E-state index < -0.39 is 15.9 Å². The molecule has 0 saturated carbocycles. The Bertz CT molecular complexity index is 1060. The Morgan fingerprint density at radius 2 is 1.72 bits per heavy atom. The van der Waals surface area contributed by atoms with Gasteiger partial charge in [-0.2, -0.15) is 0 Å². The molecule has 2 aromatic rings. The molecule has 1 amide bonds. The number of hydrogen-bond donors (Lipinski definition) is 0. The molecule has 174 valence electrons. The van der Waals surface area contributed by atoms with Crippen LogP contribution in [-0.4, -0.2) is 42.9 Å². The fourth-order valence-electron chi connectivity index (χ4n) is 4.08. The highest BCUT2D eigenvalue weighted by Crippen LogP contribution is 2.28. The molecule has 2 atom stereocenters. The minimum atomic E-state index is -3.13. The molecule has 0 aliphatic carbocycles. The minimum Gasteiger partial charge on any atom is -0.481 e. The number of carbonyl (C=O) groups is 1. The molecule has 0 radical (unpaired) electrons. The SMILES string of the molecule is Cc1cc(O[C@H](C)C(=O)N(Cc2ccc(C(C)C)cc2)[C@H]2CCS(=O)(=O)C2)cc(C)c1Cl. The standard InChI is InChI=1S/C25H32ClNO4S/c1-16(2)21-8-6-20(7-9-21)14-27(22-10-11-32(29,30)15-22)25(28)19(5)31-23-12-17(3)24(26)18(4)13-23/h6-9,12-13,16,19,22H,10-11,14-15H2,1-5H3/t19-,22+/m1/s1. The zero-order valence-corrected chi connectivity index (χ0v) is 21.0. The van der Waals surface area contributed by atoms with Crippen LogP contribution in [0.5, 0.6) is 5.75 Å². The lowest BCUT2D eigenvalue weighted by molar-refractivity contribution is -0.140. The Morgan fingerprint density at radius 3 is 2.22 bits per heavy atom. The van der Waals surface area contributed by atoms with Gasteiger partial charge in [0.15, 0.2) is 15.9 Å². The fraction of sp³-hybridized carbons (Fsp3) is 0.480. The van der Waals surface area contributed by atoms with Crippen LogP contribution in [0.15, 0.2) is 36.4 Å². The number of ether oxygens (including phenoxy) is 1. The quantitative estimate of drug-likeness (QED) is 0.558. The zero-order chi connectivity index (χ0) is 23.6. The molecule has 0 N–H and O–H groups in total.